The fourth-order valence-corrected chi connectivity index (χ4v) is 3.36. The third-order valence-electron chi connectivity index (χ3n) is 5.13. The van der Waals surface area contributed by atoms with Crippen molar-refractivity contribution < 1.29 is 9.53 Å². The maximum absolute atomic E-state index is 12.5. The Morgan fingerprint density at radius 2 is 2.04 bits per heavy atom. The van der Waals surface area contributed by atoms with Gasteiger partial charge in [-0.2, -0.15) is 0 Å². The number of carbonyl (C=O) groups excluding carboxylic acids is 1. The number of hydrogen-bond acceptors (Lipinski definition) is 4. The van der Waals surface area contributed by atoms with Crippen molar-refractivity contribution in [2.45, 2.75) is 32.4 Å². The standard InChI is InChI=1S/C19H28N4O2/c1-15(23-10-12-25-13-11-23)8-9-19(24)21(2)14-18-20-16-6-4-5-7-17(16)22(18)3/h4-7,15H,8-14H2,1-3H3/t15-/m1/s1. The summed E-state index contributed by atoms with van der Waals surface area (Å²) in [6.07, 6.45) is 1.45. The van der Waals surface area contributed by atoms with Gasteiger partial charge in [0.2, 0.25) is 5.91 Å². The van der Waals surface area contributed by atoms with E-state index in [1.54, 1.807) is 4.90 Å². The van der Waals surface area contributed by atoms with Crippen LogP contribution in [0, 0.1) is 0 Å². The Morgan fingerprint density at radius 3 is 2.76 bits per heavy atom. The molecule has 0 saturated carbocycles. The van der Waals surface area contributed by atoms with Crippen molar-refractivity contribution in [1.82, 2.24) is 19.4 Å². The van der Waals surface area contributed by atoms with Gasteiger partial charge in [-0.25, -0.2) is 4.98 Å². The van der Waals surface area contributed by atoms with Crippen molar-refractivity contribution in [1.29, 1.82) is 0 Å². The number of nitrogens with zero attached hydrogens (tertiary/aromatic N) is 4. The van der Waals surface area contributed by atoms with Crippen LogP contribution in [0.15, 0.2) is 24.3 Å². The lowest BCUT2D eigenvalue weighted by molar-refractivity contribution is -0.131. The van der Waals surface area contributed by atoms with E-state index < -0.39 is 0 Å². The molecule has 25 heavy (non-hydrogen) atoms. The first-order valence-corrected chi connectivity index (χ1v) is 9.02. The first kappa shape index (κ1) is 17.9. The first-order valence-electron chi connectivity index (χ1n) is 9.02. The van der Waals surface area contributed by atoms with Crippen molar-refractivity contribution in [3.8, 4) is 0 Å². The molecule has 1 atom stereocenters. The lowest BCUT2D eigenvalue weighted by atomic mass is 10.1. The quantitative estimate of drug-likeness (QED) is 0.805. The number of hydrogen-bond donors (Lipinski definition) is 0. The molecule has 0 N–H and O–H groups in total. The van der Waals surface area contributed by atoms with Gasteiger partial charge in [-0.05, 0) is 25.5 Å². The van der Waals surface area contributed by atoms with Gasteiger partial charge >= 0.3 is 0 Å². The number of fused-ring (bicyclic) bond motifs is 1. The number of amides is 1. The number of imidazole rings is 1. The fraction of sp³-hybridized carbons (Fsp3) is 0.579. The van der Waals surface area contributed by atoms with E-state index in [4.69, 9.17) is 4.74 Å². The van der Waals surface area contributed by atoms with Gasteiger partial charge in [0.05, 0.1) is 30.8 Å². The van der Waals surface area contributed by atoms with Crippen molar-refractivity contribution in [3.63, 3.8) is 0 Å². The summed E-state index contributed by atoms with van der Waals surface area (Å²) in [4.78, 5) is 21.3. The third-order valence-corrected chi connectivity index (χ3v) is 5.13. The topological polar surface area (TPSA) is 50.6 Å². The highest BCUT2D eigenvalue weighted by Crippen LogP contribution is 2.16. The molecule has 1 aromatic heterocycles. The van der Waals surface area contributed by atoms with Gasteiger partial charge in [-0.1, -0.05) is 12.1 Å². The molecular formula is C19H28N4O2. The van der Waals surface area contributed by atoms with Gasteiger partial charge in [0.1, 0.15) is 5.82 Å². The van der Waals surface area contributed by atoms with Crippen LogP contribution in [-0.2, 0) is 23.1 Å². The van der Waals surface area contributed by atoms with E-state index >= 15 is 0 Å². The van der Waals surface area contributed by atoms with Gasteiger partial charge in [-0.3, -0.25) is 9.69 Å². The predicted octanol–water partition coefficient (Wildman–Crippen LogP) is 2.03. The first-order chi connectivity index (χ1) is 12.1. The zero-order chi connectivity index (χ0) is 17.8. The van der Waals surface area contributed by atoms with Crippen molar-refractivity contribution in [2.24, 2.45) is 7.05 Å². The zero-order valence-corrected chi connectivity index (χ0v) is 15.4. The Hall–Kier alpha value is -1.92. The van der Waals surface area contributed by atoms with Gasteiger partial charge in [0.15, 0.2) is 0 Å². The van der Waals surface area contributed by atoms with Crippen LogP contribution in [0.4, 0.5) is 0 Å². The molecule has 6 heteroatoms. The molecule has 0 radical (unpaired) electrons. The number of ether oxygens (including phenoxy) is 1. The van der Waals surface area contributed by atoms with Gasteiger partial charge < -0.3 is 14.2 Å². The Morgan fingerprint density at radius 1 is 1.32 bits per heavy atom. The lowest BCUT2D eigenvalue weighted by Crippen LogP contribution is -2.42. The van der Waals surface area contributed by atoms with Gasteiger partial charge in [-0.15, -0.1) is 0 Å². The number of carbonyl (C=O) groups is 1. The van der Waals surface area contributed by atoms with Gasteiger partial charge in [0, 0.05) is 39.6 Å². The summed E-state index contributed by atoms with van der Waals surface area (Å²) in [5.41, 5.74) is 2.07. The van der Waals surface area contributed by atoms with E-state index in [-0.39, 0.29) is 5.91 Å². The smallest absolute Gasteiger partial charge is 0.222 e. The molecule has 0 bridgehead atoms. The summed E-state index contributed by atoms with van der Waals surface area (Å²) in [5, 5.41) is 0. The number of aromatic nitrogens is 2. The maximum atomic E-state index is 12.5. The Bertz CT molecular complexity index is 721. The predicted molar refractivity (Wildman–Crippen MR) is 98.3 cm³/mol. The van der Waals surface area contributed by atoms with Crippen LogP contribution in [0.25, 0.3) is 11.0 Å². The summed E-state index contributed by atoms with van der Waals surface area (Å²) in [6.45, 7) is 6.26. The van der Waals surface area contributed by atoms with E-state index in [1.807, 2.05) is 32.3 Å². The van der Waals surface area contributed by atoms with Crippen molar-refractivity contribution in [2.75, 3.05) is 33.4 Å². The second-order valence-electron chi connectivity index (χ2n) is 6.86. The number of benzene rings is 1. The second-order valence-corrected chi connectivity index (χ2v) is 6.86. The largest absolute Gasteiger partial charge is 0.379 e. The molecule has 0 aliphatic carbocycles. The molecule has 1 aliphatic rings. The molecule has 2 heterocycles. The summed E-state index contributed by atoms with van der Waals surface area (Å²) in [5.74, 6) is 1.09. The Balaban J connectivity index is 1.54. The molecule has 1 aromatic carbocycles. The van der Waals surface area contributed by atoms with E-state index in [0.717, 1.165) is 49.6 Å². The highest BCUT2D eigenvalue weighted by Gasteiger charge is 2.19. The molecular weight excluding hydrogens is 316 g/mol. The summed E-state index contributed by atoms with van der Waals surface area (Å²) in [7, 11) is 3.87. The number of morpholine rings is 1. The highest BCUT2D eigenvalue weighted by atomic mass is 16.5. The molecule has 136 valence electrons. The molecule has 1 fully saturated rings. The van der Waals surface area contributed by atoms with Gasteiger partial charge in [0.25, 0.3) is 0 Å². The maximum Gasteiger partial charge on any atom is 0.222 e. The average Bonchev–Trinajstić information content (AvgIpc) is 2.96. The van der Waals surface area contributed by atoms with E-state index in [2.05, 4.69) is 27.4 Å². The molecule has 2 aromatic rings. The third kappa shape index (κ3) is 4.19. The van der Waals surface area contributed by atoms with Crippen LogP contribution < -0.4 is 0 Å². The molecule has 3 rings (SSSR count). The fourth-order valence-electron chi connectivity index (χ4n) is 3.36. The monoisotopic (exact) mass is 344 g/mol. The van der Waals surface area contributed by atoms with E-state index in [9.17, 15) is 4.79 Å². The van der Waals surface area contributed by atoms with Crippen LogP contribution in [0.5, 0.6) is 0 Å². The minimum Gasteiger partial charge on any atom is -0.379 e. The SMILES string of the molecule is C[C@H](CCC(=O)N(C)Cc1nc2ccccc2n1C)N1CCOCC1. The molecule has 0 unspecified atom stereocenters. The minimum atomic E-state index is 0.173. The normalized spacial score (nSPS) is 16.9. The van der Waals surface area contributed by atoms with Crippen LogP contribution in [0.3, 0.4) is 0 Å². The highest BCUT2D eigenvalue weighted by molar-refractivity contribution is 5.77. The van der Waals surface area contributed by atoms with Crippen molar-refractivity contribution >= 4 is 16.9 Å². The molecule has 1 aliphatic heterocycles. The number of aryl methyl sites for hydroxylation is 1. The summed E-state index contributed by atoms with van der Waals surface area (Å²) < 4.78 is 7.46. The van der Waals surface area contributed by atoms with Crippen LogP contribution in [0.2, 0.25) is 0 Å². The minimum absolute atomic E-state index is 0.173. The molecule has 6 nitrogen and oxygen atoms in total. The van der Waals surface area contributed by atoms with E-state index in [1.165, 1.54) is 0 Å². The van der Waals surface area contributed by atoms with Crippen LogP contribution >= 0.6 is 0 Å². The Kier molecular flexibility index (Phi) is 5.71. The summed E-state index contributed by atoms with van der Waals surface area (Å²) >= 11 is 0. The van der Waals surface area contributed by atoms with Crippen LogP contribution in [-0.4, -0.2) is 64.7 Å². The molecule has 1 saturated heterocycles. The van der Waals surface area contributed by atoms with E-state index in [0.29, 0.717) is 19.0 Å². The Labute approximate surface area is 149 Å². The number of para-hydroxylation sites is 2. The lowest BCUT2D eigenvalue weighted by Gasteiger charge is -2.32. The molecule has 1 amide bonds. The van der Waals surface area contributed by atoms with Crippen molar-refractivity contribution in [3.05, 3.63) is 30.1 Å². The van der Waals surface area contributed by atoms with Crippen LogP contribution in [0.1, 0.15) is 25.6 Å². The zero-order valence-electron chi connectivity index (χ0n) is 15.4. The molecule has 0 spiro atoms. The summed E-state index contributed by atoms with van der Waals surface area (Å²) in [6, 6.07) is 8.47. The number of rotatable bonds is 6. The average molecular weight is 344 g/mol. The second kappa shape index (κ2) is 7.97.